The Bertz CT molecular complexity index is 1630. The molecule has 2 aromatic carbocycles. The molecular weight excluding hydrogens is 480 g/mol. The van der Waals surface area contributed by atoms with Gasteiger partial charge in [0.25, 0.3) is 11.5 Å². The predicted octanol–water partition coefficient (Wildman–Crippen LogP) is 3.85. The van der Waals surface area contributed by atoms with Crippen LogP contribution in [0.5, 0.6) is 0 Å². The summed E-state index contributed by atoms with van der Waals surface area (Å²) in [5, 5.41) is 8.21. The van der Waals surface area contributed by atoms with E-state index in [1.165, 1.54) is 18.0 Å². The van der Waals surface area contributed by atoms with E-state index >= 15 is 0 Å². The van der Waals surface area contributed by atoms with E-state index in [9.17, 15) is 9.59 Å². The number of rotatable bonds is 7. The van der Waals surface area contributed by atoms with Gasteiger partial charge in [-0.15, -0.1) is 0 Å². The molecule has 3 aromatic heterocycles. The molecule has 9 heteroatoms. The van der Waals surface area contributed by atoms with Crippen LogP contribution in [0.1, 0.15) is 21.5 Å². The number of carbonyl (C=O) groups is 1. The fraction of sp³-hybridized carbons (Fsp3) is 0.207. The lowest BCUT2D eigenvalue weighted by Gasteiger charge is -2.26. The SMILES string of the molecule is O=C(Nc1c[nH]c(=O)c(-c2cc3cc(CN4CCOCC4)ccc3[nH]2)c1)c1cnn(Cc2ccccc2)c1. The average molecular weight is 509 g/mol. The van der Waals surface area contributed by atoms with Gasteiger partial charge in [0.15, 0.2) is 0 Å². The maximum Gasteiger partial charge on any atom is 0.258 e. The fourth-order valence-electron chi connectivity index (χ4n) is 4.74. The fourth-order valence-corrected chi connectivity index (χ4v) is 4.74. The first kappa shape index (κ1) is 23.9. The molecule has 0 unspecified atom stereocenters. The van der Waals surface area contributed by atoms with E-state index in [1.807, 2.05) is 42.5 Å². The van der Waals surface area contributed by atoms with Crippen LogP contribution < -0.4 is 10.9 Å². The molecule has 1 amide bonds. The number of amides is 1. The molecule has 192 valence electrons. The number of anilines is 1. The maximum atomic E-state index is 12.9. The third kappa shape index (κ3) is 5.29. The molecule has 0 atom stereocenters. The molecule has 1 fully saturated rings. The number of aromatic nitrogens is 4. The zero-order valence-electron chi connectivity index (χ0n) is 20.8. The molecule has 0 spiro atoms. The van der Waals surface area contributed by atoms with Crippen molar-refractivity contribution in [2.75, 3.05) is 31.6 Å². The number of benzene rings is 2. The first-order chi connectivity index (χ1) is 18.6. The van der Waals surface area contributed by atoms with E-state index in [0.29, 0.717) is 29.1 Å². The maximum absolute atomic E-state index is 12.9. The summed E-state index contributed by atoms with van der Waals surface area (Å²) in [7, 11) is 0. The van der Waals surface area contributed by atoms with Crippen molar-refractivity contribution < 1.29 is 9.53 Å². The molecule has 0 saturated carbocycles. The average Bonchev–Trinajstić information content (AvgIpc) is 3.58. The molecule has 1 aliphatic heterocycles. The molecule has 38 heavy (non-hydrogen) atoms. The third-order valence-electron chi connectivity index (χ3n) is 6.73. The van der Waals surface area contributed by atoms with Crippen LogP contribution in [-0.2, 0) is 17.8 Å². The van der Waals surface area contributed by atoms with Gasteiger partial charge in [-0.25, -0.2) is 0 Å². The standard InChI is InChI=1S/C29H28N6O3/c36-28(23-15-31-35(19-23)18-20-4-2-1-3-5-20)32-24-14-25(29(37)30-16-24)27-13-22-12-21(6-7-26(22)33-27)17-34-8-10-38-11-9-34/h1-7,12-16,19,33H,8-11,17-18H2,(H,30,37)(H,32,36). The summed E-state index contributed by atoms with van der Waals surface area (Å²) in [6, 6.07) is 19.9. The van der Waals surface area contributed by atoms with Crippen LogP contribution in [0.4, 0.5) is 5.69 Å². The molecular formula is C29H28N6O3. The summed E-state index contributed by atoms with van der Waals surface area (Å²) in [4.78, 5) is 34.0. The van der Waals surface area contributed by atoms with Crippen LogP contribution in [0.15, 0.2) is 84.0 Å². The molecule has 1 aliphatic rings. The first-order valence-electron chi connectivity index (χ1n) is 12.6. The highest BCUT2D eigenvalue weighted by molar-refractivity contribution is 6.04. The Kier molecular flexibility index (Phi) is 6.60. The summed E-state index contributed by atoms with van der Waals surface area (Å²) < 4.78 is 7.17. The molecule has 3 N–H and O–H groups in total. The van der Waals surface area contributed by atoms with E-state index in [-0.39, 0.29) is 11.5 Å². The molecule has 0 aliphatic carbocycles. The van der Waals surface area contributed by atoms with Gasteiger partial charge in [-0.3, -0.25) is 19.2 Å². The number of morpholine rings is 1. The van der Waals surface area contributed by atoms with Gasteiger partial charge in [0, 0.05) is 42.9 Å². The van der Waals surface area contributed by atoms with Crippen molar-refractivity contribution in [2.45, 2.75) is 13.1 Å². The second kappa shape index (κ2) is 10.5. The lowest BCUT2D eigenvalue weighted by molar-refractivity contribution is 0.0342. The van der Waals surface area contributed by atoms with Crippen LogP contribution in [0.25, 0.3) is 22.2 Å². The van der Waals surface area contributed by atoms with Crippen molar-refractivity contribution in [1.29, 1.82) is 0 Å². The van der Waals surface area contributed by atoms with E-state index in [1.54, 1.807) is 16.9 Å². The Balaban J connectivity index is 1.18. The Morgan fingerprint density at radius 1 is 1.00 bits per heavy atom. The quantitative estimate of drug-likeness (QED) is 0.310. The second-order valence-corrected chi connectivity index (χ2v) is 9.49. The minimum atomic E-state index is -0.299. The molecule has 6 rings (SSSR count). The second-order valence-electron chi connectivity index (χ2n) is 9.49. The van der Waals surface area contributed by atoms with Crippen LogP contribution >= 0.6 is 0 Å². The van der Waals surface area contributed by atoms with E-state index in [4.69, 9.17) is 4.74 Å². The lowest BCUT2D eigenvalue weighted by atomic mass is 10.1. The van der Waals surface area contributed by atoms with Crippen molar-refractivity contribution in [3.05, 3.63) is 106 Å². The number of hydrogen-bond donors (Lipinski definition) is 3. The summed E-state index contributed by atoms with van der Waals surface area (Å²) in [6.07, 6.45) is 4.75. The minimum absolute atomic E-state index is 0.237. The number of nitrogens with zero attached hydrogens (tertiary/aromatic N) is 3. The molecule has 1 saturated heterocycles. The van der Waals surface area contributed by atoms with Crippen molar-refractivity contribution in [1.82, 2.24) is 24.6 Å². The Morgan fingerprint density at radius 2 is 1.84 bits per heavy atom. The first-order valence-corrected chi connectivity index (χ1v) is 12.6. The Labute approximate surface area is 219 Å². The van der Waals surface area contributed by atoms with Gasteiger partial charge in [0.05, 0.1) is 48.5 Å². The van der Waals surface area contributed by atoms with Gasteiger partial charge in [0.2, 0.25) is 0 Å². The van der Waals surface area contributed by atoms with Crippen LogP contribution in [0.2, 0.25) is 0 Å². The number of fused-ring (bicyclic) bond motifs is 1. The summed E-state index contributed by atoms with van der Waals surface area (Å²) >= 11 is 0. The number of H-pyrrole nitrogens is 2. The number of aromatic amines is 2. The number of carbonyl (C=O) groups excluding carboxylic acids is 1. The minimum Gasteiger partial charge on any atom is -0.379 e. The van der Waals surface area contributed by atoms with Gasteiger partial charge in [-0.1, -0.05) is 36.4 Å². The summed E-state index contributed by atoms with van der Waals surface area (Å²) in [5.41, 5.74) is 5.10. The van der Waals surface area contributed by atoms with Gasteiger partial charge >= 0.3 is 0 Å². The molecule has 9 nitrogen and oxygen atoms in total. The van der Waals surface area contributed by atoms with Crippen molar-refractivity contribution >= 4 is 22.5 Å². The van der Waals surface area contributed by atoms with Crippen molar-refractivity contribution in [2.24, 2.45) is 0 Å². The van der Waals surface area contributed by atoms with Crippen molar-refractivity contribution in [3.8, 4) is 11.3 Å². The smallest absolute Gasteiger partial charge is 0.258 e. The number of ether oxygens (including phenoxy) is 1. The molecule has 0 bridgehead atoms. The zero-order chi connectivity index (χ0) is 25.9. The number of hydrogen-bond acceptors (Lipinski definition) is 5. The van der Waals surface area contributed by atoms with Gasteiger partial charge in [0.1, 0.15) is 0 Å². The zero-order valence-corrected chi connectivity index (χ0v) is 20.8. The van der Waals surface area contributed by atoms with Crippen LogP contribution in [0.3, 0.4) is 0 Å². The van der Waals surface area contributed by atoms with Crippen LogP contribution in [0, 0.1) is 0 Å². The third-order valence-corrected chi connectivity index (χ3v) is 6.73. The van der Waals surface area contributed by atoms with Gasteiger partial charge in [-0.05, 0) is 35.4 Å². The Hall–Kier alpha value is -4.47. The van der Waals surface area contributed by atoms with E-state index in [0.717, 1.165) is 49.3 Å². The largest absolute Gasteiger partial charge is 0.379 e. The van der Waals surface area contributed by atoms with E-state index < -0.39 is 0 Å². The highest BCUT2D eigenvalue weighted by atomic mass is 16.5. The number of pyridine rings is 1. The number of nitrogens with one attached hydrogen (secondary N) is 3. The lowest BCUT2D eigenvalue weighted by Crippen LogP contribution is -2.35. The monoisotopic (exact) mass is 508 g/mol. The normalized spacial score (nSPS) is 14.1. The summed E-state index contributed by atoms with van der Waals surface area (Å²) in [6.45, 7) is 4.83. The van der Waals surface area contributed by atoms with Crippen molar-refractivity contribution in [3.63, 3.8) is 0 Å². The highest BCUT2D eigenvalue weighted by Gasteiger charge is 2.14. The Morgan fingerprint density at radius 3 is 2.68 bits per heavy atom. The predicted molar refractivity (Wildman–Crippen MR) is 146 cm³/mol. The molecule has 0 radical (unpaired) electrons. The van der Waals surface area contributed by atoms with Gasteiger partial charge in [-0.2, -0.15) is 5.10 Å². The van der Waals surface area contributed by atoms with E-state index in [2.05, 4.69) is 37.4 Å². The topological polar surface area (TPSA) is 108 Å². The molecule has 4 heterocycles. The highest BCUT2D eigenvalue weighted by Crippen LogP contribution is 2.25. The van der Waals surface area contributed by atoms with Gasteiger partial charge < -0.3 is 20.0 Å². The summed E-state index contributed by atoms with van der Waals surface area (Å²) in [5.74, 6) is -0.299. The molecule has 5 aromatic rings. The van der Waals surface area contributed by atoms with Crippen LogP contribution in [-0.4, -0.2) is 56.9 Å².